The average Bonchev–Trinajstić information content (AvgIpc) is 2.76. The number of anilines is 1. The molecular formula is C24H25N3O2. The van der Waals surface area contributed by atoms with E-state index in [1.54, 1.807) is 6.20 Å². The third kappa shape index (κ3) is 5.75. The van der Waals surface area contributed by atoms with Crippen molar-refractivity contribution in [3.05, 3.63) is 90.4 Å². The van der Waals surface area contributed by atoms with Gasteiger partial charge in [0, 0.05) is 12.0 Å². The Hall–Kier alpha value is -3.47. The van der Waals surface area contributed by atoms with E-state index in [0.29, 0.717) is 18.8 Å². The van der Waals surface area contributed by atoms with E-state index in [4.69, 9.17) is 9.72 Å². The first-order valence-corrected chi connectivity index (χ1v) is 9.75. The molecule has 0 fully saturated rings. The van der Waals surface area contributed by atoms with Crippen LogP contribution in [0.2, 0.25) is 0 Å². The molecule has 3 aromatic rings. The lowest BCUT2D eigenvalue weighted by Crippen LogP contribution is -2.16. The standard InChI is InChI=1S/C24H25N3O2/c1-3-4-15-29-24(28)18(2)26-23-21(16-19-11-7-5-8-12-19)27-22(17-25-23)20-13-9-6-10-14-20/h5-14,17H,2-4,15-16H2,1H3,(H,25,26). The normalized spacial score (nSPS) is 10.4. The van der Waals surface area contributed by atoms with Crippen LogP contribution in [0, 0.1) is 0 Å². The molecule has 0 aliphatic rings. The van der Waals surface area contributed by atoms with Crippen LogP contribution in [0.5, 0.6) is 0 Å². The first-order valence-electron chi connectivity index (χ1n) is 9.75. The number of ether oxygens (including phenoxy) is 1. The summed E-state index contributed by atoms with van der Waals surface area (Å²) in [5.41, 5.74) is 3.75. The fraction of sp³-hybridized carbons (Fsp3) is 0.208. The molecule has 0 saturated carbocycles. The van der Waals surface area contributed by atoms with Crippen LogP contribution in [0.25, 0.3) is 11.3 Å². The van der Waals surface area contributed by atoms with Crippen LogP contribution >= 0.6 is 0 Å². The monoisotopic (exact) mass is 387 g/mol. The number of nitrogens with one attached hydrogen (secondary N) is 1. The lowest BCUT2D eigenvalue weighted by Gasteiger charge is -2.13. The summed E-state index contributed by atoms with van der Waals surface area (Å²) in [6, 6.07) is 19.9. The van der Waals surface area contributed by atoms with Gasteiger partial charge >= 0.3 is 5.97 Å². The number of hydrogen-bond acceptors (Lipinski definition) is 5. The summed E-state index contributed by atoms with van der Waals surface area (Å²) in [5.74, 6) is 0.0315. The second kappa shape index (κ2) is 10.2. The summed E-state index contributed by atoms with van der Waals surface area (Å²) in [6.07, 6.45) is 4.06. The number of benzene rings is 2. The Morgan fingerprint density at radius 2 is 1.76 bits per heavy atom. The molecule has 0 spiro atoms. The highest BCUT2D eigenvalue weighted by Crippen LogP contribution is 2.22. The average molecular weight is 387 g/mol. The zero-order chi connectivity index (χ0) is 20.5. The SMILES string of the molecule is C=C(Nc1ncc(-c2ccccc2)nc1Cc1ccccc1)C(=O)OCCCC. The van der Waals surface area contributed by atoms with Crippen LogP contribution < -0.4 is 5.32 Å². The fourth-order valence-electron chi connectivity index (χ4n) is 2.78. The van der Waals surface area contributed by atoms with E-state index in [1.807, 2.05) is 67.6 Å². The second-order valence-corrected chi connectivity index (χ2v) is 6.67. The predicted octanol–water partition coefficient (Wildman–Crippen LogP) is 5.00. The largest absolute Gasteiger partial charge is 0.461 e. The van der Waals surface area contributed by atoms with Crippen molar-refractivity contribution in [1.29, 1.82) is 0 Å². The molecule has 1 aromatic heterocycles. The van der Waals surface area contributed by atoms with Crippen molar-refractivity contribution in [2.24, 2.45) is 0 Å². The van der Waals surface area contributed by atoms with E-state index in [9.17, 15) is 4.79 Å². The molecule has 29 heavy (non-hydrogen) atoms. The van der Waals surface area contributed by atoms with E-state index in [-0.39, 0.29) is 5.70 Å². The third-order valence-corrected chi connectivity index (χ3v) is 4.38. The molecule has 1 N–H and O–H groups in total. The Balaban J connectivity index is 1.85. The first kappa shape index (κ1) is 20.3. The van der Waals surface area contributed by atoms with Gasteiger partial charge in [-0.15, -0.1) is 0 Å². The lowest BCUT2D eigenvalue weighted by molar-refractivity contribution is -0.138. The van der Waals surface area contributed by atoms with Gasteiger partial charge in [-0.2, -0.15) is 0 Å². The molecule has 0 aliphatic carbocycles. The molecule has 0 atom stereocenters. The minimum Gasteiger partial charge on any atom is -0.461 e. The van der Waals surface area contributed by atoms with Gasteiger partial charge in [-0.25, -0.2) is 14.8 Å². The summed E-state index contributed by atoms with van der Waals surface area (Å²) in [7, 11) is 0. The van der Waals surface area contributed by atoms with Crippen LogP contribution in [0.4, 0.5) is 5.82 Å². The number of hydrogen-bond donors (Lipinski definition) is 1. The smallest absolute Gasteiger partial charge is 0.354 e. The lowest BCUT2D eigenvalue weighted by atomic mass is 10.1. The van der Waals surface area contributed by atoms with Gasteiger partial charge in [-0.1, -0.05) is 80.6 Å². The molecule has 3 rings (SSSR count). The number of carbonyl (C=O) groups excluding carboxylic acids is 1. The first-order chi connectivity index (χ1) is 14.2. The Bertz CT molecular complexity index is 956. The summed E-state index contributed by atoms with van der Waals surface area (Å²) in [5, 5.41) is 2.99. The minimum atomic E-state index is -0.474. The van der Waals surface area contributed by atoms with Crippen molar-refractivity contribution < 1.29 is 9.53 Å². The molecule has 2 aromatic carbocycles. The van der Waals surface area contributed by atoms with Crippen molar-refractivity contribution in [2.75, 3.05) is 11.9 Å². The van der Waals surface area contributed by atoms with E-state index in [1.165, 1.54) is 0 Å². The maximum atomic E-state index is 12.1. The maximum Gasteiger partial charge on any atom is 0.354 e. The Morgan fingerprint density at radius 3 is 2.45 bits per heavy atom. The van der Waals surface area contributed by atoms with Crippen molar-refractivity contribution in [3.8, 4) is 11.3 Å². The van der Waals surface area contributed by atoms with E-state index in [0.717, 1.165) is 35.4 Å². The van der Waals surface area contributed by atoms with Crippen molar-refractivity contribution in [2.45, 2.75) is 26.2 Å². The van der Waals surface area contributed by atoms with E-state index >= 15 is 0 Å². The summed E-state index contributed by atoms with van der Waals surface area (Å²) in [6.45, 7) is 6.23. The van der Waals surface area contributed by atoms with Crippen LogP contribution in [0.1, 0.15) is 31.0 Å². The maximum absolute atomic E-state index is 12.1. The van der Waals surface area contributed by atoms with Gasteiger partial charge in [-0.3, -0.25) is 0 Å². The molecular weight excluding hydrogens is 362 g/mol. The number of rotatable bonds is 9. The number of carbonyl (C=O) groups is 1. The van der Waals surface area contributed by atoms with Gasteiger partial charge in [0.2, 0.25) is 0 Å². The van der Waals surface area contributed by atoms with Crippen molar-refractivity contribution in [3.63, 3.8) is 0 Å². The number of nitrogens with zero attached hydrogens (tertiary/aromatic N) is 2. The molecule has 1 heterocycles. The third-order valence-electron chi connectivity index (χ3n) is 4.38. The molecule has 0 radical (unpaired) electrons. The molecule has 148 valence electrons. The number of esters is 1. The van der Waals surface area contributed by atoms with Crippen LogP contribution in [0.15, 0.2) is 79.1 Å². The zero-order valence-corrected chi connectivity index (χ0v) is 16.6. The molecule has 5 heteroatoms. The van der Waals surface area contributed by atoms with Gasteiger partial charge in [-0.05, 0) is 12.0 Å². The zero-order valence-electron chi connectivity index (χ0n) is 16.6. The highest BCUT2D eigenvalue weighted by atomic mass is 16.5. The Kier molecular flexibility index (Phi) is 7.11. The van der Waals surface area contributed by atoms with Crippen LogP contribution in [-0.2, 0) is 16.0 Å². The topological polar surface area (TPSA) is 64.1 Å². The highest BCUT2D eigenvalue weighted by molar-refractivity contribution is 5.91. The summed E-state index contributed by atoms with van der Waals surface area (Å²) >= 11 is 0. The van der Waals surface area contributed by atoms with Gasteiger partial charge in [0.05, 0.1) is 24.2 Å². The molecule has 0 aliphatic heterocycles. The predicted molar refractivity (Wildman–Crippen MR) is 115 cm³/mol. The minimum absolute atomic E-state index is 0.150. The summed E-state index contributed by atoms with van der Waals surface area (Å²) in [4.78, 5) is 21.5. The van der Waals surface area contributed by atoms with E-state index in [2.05, 4.69) is 16.9 Å². The van der Waals surface area contributed by atoms with Crippen LogP contribution in [0.3, 0.4) is 0 Å². The molecule has 5 nitrogen and oxygen atoms in total. The molecule has 0 unspecified atom stereocenters. The summed E-state index contributed by atoms with van der Waals surface area (Å²) < 4.78 is 5.22. The quantitative estimate of drug-likeness (QED) is 0.318. The Morgan fingerprint density at radius 1 is 1.07 bits per heavy atom. The number of unbranched alkanes of at least 4 members (excludes halogenated alkanes) is 1. The highest BCUT2D eigenvalue weighted by Gasteiger charge is 2.15. The van der Waals surface area contributed by atoms with E-state index < -0.39 is 5.97 Å². The van der Waals surface area contributed by atoms with Gasteiger partial charge in [0.15, 0.2) is 5.82 Å². The van der Waals surface area contributed by atoms with Crippen molar-refractivity contribution >= 4 is 11.8 Å². The van der Waals surface area contributed by atoms with Gasteiger partial charge < -0.3 is 10.1 Å². The van der Waals surface area contributed by atoms with Gasteiger partial charge in [0.25, 0.3) is 0 Å². The fourth-order valence-corrected chi connectivity index (χ4v) is 2.78. The van der Waals surface area contributed by atoms with Crippen LogP contribution in [-0.4, -0.2) is 22.5 Å². The second-order valence-electron chi connectivity index (χ2n) is 6.67. The molecule has 0 amide bonds. The molecule has 0 saturated heterocycles. The number of aromatic nitrogens is 2. The Labute approximate surface area is 171 Å². The molecule has 0 bridgehead atoms. The van der Waals surface area contributed by atoms with Crippen molar-refractivity contribution in [1.82, 2.24) is 9.97 Å². The van der Waals surface area contributed by atoms with Gasteiger partial charge in [0.1, 0.15) is 5.70 Å².